The Balaban J connectivity index is 0.00000169. The molecule has 1 fully saturated rings. The van der Waals surface area contributed by atoms with Crippen molar-refractivity contribution >= 4 is 41.0 Å². The predicted molar refractivity (Wildman–Crippen MR) is 63.3 cm³/mol. The van der Waals surface area contributed by atoms with Crippen LogP contribution in [-0.2, 0) is 4.79 Å². The number of rotatable bonds is 4. The van der Waals surface area contributed by atoms with E-state index >= 15 is 0 Å². The summed E-state index contributed by atoms with van der Waals surface area (Å²) >= 11 is 2.19. The first kappa shape index (κ1) is 14.4. The van der Waals surface area contributed by atoms with Crippen molar-refractivity contribution in [3.63, 3.8) is 0 Å². The lowest BCUT2D eigenvalue weighted by molar-refractivity contribution is -0.144. The summed E-state index contributed by atoms with van der Waals surface area (Å²) in [6, 6.07) is 0. The SMILES string of the molecule is Cl.O=C(O)C1(CCCI)CC(F)CN1. The van der Waals surface area contributed by atoms with Gasteiger partial charge in [-0.15, -0.1) is 12.4 Å². The van der Waals surface area contributed by atoms with Gasteiger partial charge in [0.25, 0.3) is 0 Å². The Labute approximate surface area is 102 Å². The molecule has 0 bridgehead atoms. The van der Waals surface area contributed by atoms with Crippen molar-refractivity contribution in [2.45, 2.75) is 31.0 Å². The Morgan fingerprint density at radius 1 is 1.71 bits per heavy atom. The molecule has 0 aromatic rings. The van der Waals surface area contributed by atoms with E-state index in [0.717, 1.165) is 10.8 Å². The summed E-state index contributed by atoms with van der Waals surface area (Å²) in [5.41, 5.74) is -0.995. The molecule has 0 spiro atoms. The minimum atomic E-state index is -1.01. The average molecular weight is 338 g/mol. The zero-order valence-electron chi connectivity index (χ0n) is 7.63. The van der Waals surface area contributed by atoms with Gasteiger partial charge in [-0.05, 0) is 17.3 Å². The van der Waals surface area contributed by atoms with E-state index in [1.807, 2.05) is 0 Å². The average Bonchev–Trinajstić information content (AvgIpc) is 2.45. The van der Waals surface area contributed by atoms with Crippen molar-refractivity contribution < 1.29 is 14.3 Å². The van der Waals surface area contributed by atoms with Crippen LogP contribution in [0.1, 0.15) is 19.3 Å². The molecule has 2 atom stereocenters. The van der Waals surface area contributed by atoms with Gasteiger partial charge >= 0.3 is 5.97 Å². The minimum absolute atomic E-state index is 0. The van der Waals surface area contributed by atoms with Crippen LogP contribution in [0.25, 0.3) is 0 Å². The molecule has 14 heavy (non-hydrogen) atoms. The van der Waals surface area contributed by atoms with E-state index in [1.54, 1.807) is 0 Å². The molecule has 2 N–H and O–H groups in total. The molecule has 0 radical (unpaired) electrons. The second kappa shape index (κ2) is 6.07. The molecule has 1 saturated heterocycles. The Kier molecular flexibility index (Phi) is 6.24. The largest absolute Gasteiger partial charge is 0.480 e. The third-order valence-electron chi connectivity index (χ3n) is 2.38. The molecule has 1 rings (SSSR count). The second-order valence-corrected chi connectivity index (χ2v) is 4.44. The monoisotopic (exact) mass is 337 g/mol. The van der Waals surface area contributed by atoms with Crippen LogP contribution in [-0.4, -0.2) is 33.8 Å². The first-order valence-corrected chi connectivity index (χ1v) is 5.82. The summed E-state index contributed by atoms with van der Waals surface area (Å²) in [6.45, 7) is 0.174. The van der Waals surface area contributed by atoms with Crippen LogP contribution >= 0.6 is 35.0 Å². The van der Waals surface area contributed by atoms with Crippen LogP contribution in [0.15, 0.2) is 0 Å². The van der Waals surface area contributed by atoms with Gasteiger partial charge < -0.3 is 5.11 Å². The van der Waals surface area contributed by atoms with Gasteiger partial charge in [0.1, 0.15) is 11.7 Å². The van der Waals surface area contributed by atoms with E-state index < -0.39 is 17.7 Å². The molecule has 1 heterocycles. The summed E-state index contributed by atoms with van der Waals surface area (Å²) < 4.78 is 13.8. The molecule has 2 unspecified atom stereocenters. The highest BCUT2D eigenvalue weighted by Gasteiger charge is 2.44. The molecule has 0 aliphatic carbocycles. The van der Waals surface area contributed by atoms with Gasteiger partial charge in [0, 0.05) is 13.0 Å². The normalized spacial score (nSPS) is 31.1. The van der Waals surface area contributed by atoms with Gasteiger partial charge in [-0.2, -0.15) is 0 Å². The molecule has 0 amide bonds. The van der Waals surface area contributed by atoms with E-state index in [1.165, 1.54) is 0 Å². The number of nitrogens with one attached hydrogen (secondary N) is 1. The maximum atomic E-state index is 12.9. The third kappa shape index (κ3) is 3.20. The van der Waals surface area contributed by atoms with Gasteiger partial charge in [0.05, 0.1) is 0 Å². The fraction of sp³-hybridized carbons (Fsp3) is 0.875. The van der Waals surface area contributed by atoms with Crippen molar-refractivity contribution in [2.75, 3.05) is 11.0 Å². The predicted octanol–water partition coefficient (Wildman–Crippen LogP) is 1.78. The molecular formula is C8H14ClFINO2. The molecule has 0 aromatic carbocycles. The van der Waals surface area contributed by atoms with Crippen LogP contribution in [0, 0.1) is 0 Å². The van der Waals surface area contributed by atoms with Crippen molar-refractivity contribution in [3.8, 4) is 0 Å². The lowest BCUT2D eigenvalue weighted by atomic mass is 9.92. The molecular weight excluding hydrogens is 323 g/mol. The Morgan fingerprint density at radius 3 is 2.71 bits per heavy atom. The van der Waals surface area contributed by atoms with Crippen molar-refractivity contribution in [1.29, 1.82) is 0 Å². The molecule has 6 heteroatoms. The highest BCUT2D eigenvalue weighted by atomic mass is 127. The zero-order chi connectivity index (χ0) is 9.90. The summed E-state index contributed by atoms with van der Waals surface area (Å²) in [5.74, 6) is -0.919. The summed E-state index contributed by atoms with van der Waals surface area (Å²) in [7, 11) is 0. The fourth-order valence-electron chi connectivity index (χ4n) is 1.66. The number of alkyl halides is 2. The maximum absolute atomic E-state index is 12.9. The maximum Gasteiger partial charge on any atom is 0.324 e. The lowest BCUT2D eigenvalue weighted by Crippen LogP contribution is -2.47. The topological polar surface area (TPSA) is 49.3 Å². The summed E-state index contributed by atoms with van der Waals surface area (Å²) in [6.07, 6.45) is 0.433. The molecule has 0 aromatic heterocycles. The fourth-order valence-corrected chi connectivity index (χ4v) is 2.04. The Hall–Kier alpha value is 0.380. The number of aliphatic carboxylic acids is 1. The quantitative estimate of drug-likeness (QED) is 0.607. The lowest BCUT2D eigenvalue weighted by Gasteiger charge is -2.23. The van der Waals surface area contributed by atoms with Gasteiger partial charge in [0.2, 0.25) is 0 Å². The number of carbonyl (C=O) groups is 1. The molecule has 3 nitrogen and oxygen atoms in total. The number of halogens is 3. The Bertz CT molecular complexity index is 208. The van der Waals surface area contributed by atoms with Crippen LogP contribution in [0.5, 0.6) is 0 Å². The second-order valence-electron chi connectivity index (χ2n) is 3.36. The number of carboxylic acids is 1. The minimum Gasteiger partial charge on any atom is -0.480 e. The highest BCUT2D eigenvalue weighted by molar-refractivity contribution is 14.1. The van der Waals surface area contributed by atoms with E-state index in [2.05, 4.69) is 27.9 Å². The first-order valence-electron chi connectivity index (χ1n) is 4.29. The molecule has 84 valence electrons. The molecule has 0 saturated carbocycles. The summed E-state index contributed by atoms with van der Waals surface area (Å²) in [5, 5.41) is 11.8. The van der Waals surface area contributed by atoms with Crippen molar-refractivity contribution in [1.82, 2.24) is 5.32 Å². The standard InChI is InChI=1S/C8H13FINO2.ClH/c9-6-4-8(7(12)13,11-5-6)2-1-3-10;/h6,11H,1-5H2,(H,12,13);1H. The Morgan fingerprint density at radius 2 is 2.36 bits per heavy atom. The third-order valence-corrected chi connectivity index (χ3v) is 3.14. The zero-order valence-corrected chi connectivity index (χ0v) is 10.6. The van der Waals surface area contributed by atoms with E-state index in [0.29, 0.717) is 6.42 Å². The van der Waals surface area contributed by atoms with Crippen LogP contribution < -0.4 is 5.32 Å². The molecule has 1 aliphatic heterocycles. The number of hydrogen-bond donors (Lipinski definition) is 2. The van der Waals surface area contributed by atoms with E-state index in [4.69, 9.17) is 5.11 Å². The van der Waals surface area contributed by atoms with E-state index in [9.17, 15) is 9.18 Å². The molecule has 1 aliphatic rings. The van der Waals surface area contributed by atoms with Crippen LogP contribution in [0.4, 0.5) is 4.39 Å². The van der Waals surface area contributed by atoms with Crippen LogP contribution in [0.3, 0.4) is 0 Å². The van der Waals surface area contributed by atoms with Gasteiger partial charge in [-0.1, -0.05) is 22.6 Å². The smallest absolute Gasteiger partial charge is 0.324 e. The first-order chi connectivity index (χ1) is 6.10. The number of carboxylic acid groups (broad SMARTS) is 1. The van der Waals surface area contributed by atoms with Crippen molar-refractivity contribution in [2.24, 2.45) is 0 Å². The van der Waals surface area contributed by atoms with Crippen molar-refractivity contribution in [3.05, 3.63) is 0 Å². The number of hydrogen-bond acceptors (Lipinski definition) is 2. The highest BCUT2D eigenvalue weighted by Crippen LogP contribution is 2.27. The van der Waals surface area contributed by atoms with Crippen LogP contribution in [0.2, 0.25) is 0 Å². The van der Waals surface area contributed by atoms with Gasteiger partial charge in [-0.3, -0.25) is 10.1 Å². The summed E-state index contributed by atoms with van der Waals surface area (Å²) in [4.78, 5) is 10.9. The van der Waals surface area contributed by atoms with Gasteiger partial charge in [-0.25, -0.2) is 4.39 Å². The van der Waals surface area contributed by atoms with E-state index in [-0.39, 0.29) is 25.4 Å². The van der Waals surface area contributed by atoms with Gasteiger partial charge in [0.15, 0.2) is 0 Å².